The Morgan fingerprint density at radius 3 is 1.57 bits per heavy atom. The first-order valence-electron chi connectivity index (χ1n) is 17.5. The predicted molar refractivity (Wildman–Crippen MR) is 216 cm³/mol. The van der Waals surface area contributed by atoms with Crippen LogP contribution >= 0.6 is 0 Å². The van der Waals surface area contributed by atoms with Crippen LogP contribution in [0.5, 0.6) is 0 Å². The van der Waals surface area contributed by atoms with Crippen LogP contribution in [0.25, 0.3) is 76.7 Å². The zero-order chi connectivity index (χ0) is 33.5. The maximum Gasteiger partial charge on any atom is 0.0642 e. The van der Waals surface area contributed by atoms with Gasteiger partial charge < -0.3 is 13.9 Å². The third-order valence-corrected chi connectivity index (χ3v) is 10.6. The van der Waals surface area contributed by atoms with Crippen molar-refractivity contribution in [3.05, 3.63) is 188 Å². The maximum atomic E-state index is 2.52. The Balaban J connectivity index is 1.34. The van der Waals surface area contributed by atoms with Crippen molar-refractivity contribution in [1.29, 1.82) is 0 Å². The Morgan fingerprint density at radius 1 is 0.353 bits per heavy atom. The summed E-state index contributed by atoms with van der Waals surface area (Å²) >= 11 is 0. The molecule has 11 rings (SSSR count). The van der Waals surface area contributed by atoms with Gasteiger partial charge in [0.2, 0.25) is 0 Å². The first kappa shape index (κ1) is 28.0. The van der Waals surface area contributed by atoms with Gasteiger partial charge >= 0.3 is 0 Å². The number of aromatic nitrogens is 2. The molecule has 0 amide bonds. The van der Waals surface area contributed by atoms with Gasteiger partial charge in [0.15, 0.2) is 0 Å². The summed E-state index contributed by atoms with van der Waals surface area (Å²) in [7, 11) is 0. The lowest BCUT2D eigenvalue weighted by molar-refractivity contribution is 1.17. The highest BCUT2D eigenvalue weighted by Crippen LogP contribution is 2.49. The molecule has 0 N–H and O–H groups in total. The molecule has 3 aromatic heterocycles. The molecule has 0 bridgehead atoms. The fourth-order valence-electron chi connectivity index (χ4n) is 8.55. The lowest BCUT2D eigenvalue weighted by Gasteiger charge is -2.26. The Morgan fingerprint density at radius 2 is 0.882 bits per heavy atom. The number of rotatable bonds is 5. The largest absolute Gasteiger partial charge is 0.310 e. The van der Waals surface area contributed by atoms with Crippen molar-refractivity contribution in [2.45, 2.75) is 0 Å². The number of nitrogens with zero attached hydrogens (tertiary/aromatic N) is 3. The molecule has 51 heavy (non-hydrogen) atoms. The van der Waals surface area contributed by atoms with E-state index in [0.717, 1.165) is 22.7 Å². The minimum Gasteiger partial charge on any atom is -0.310 e. The topological polar surface area (TPSA) is 12.6 Å². The number of benzene rings is 8. The summed E-state index contributed by atoms with van der Waals surface area (Å²) in [6.07, 6.45) is 0. The fraction of sp³-hybridized carbons (Fsp3) is 0. The molecule has 0 saturated heterocycles. The van der Waals surface area contributed by atoms with Gasteiger partial charge in [-0.1, -0.05) is 121 Å². The van der Waals surface area contributed by atoms with E-state index >= 15 is 0 Å². The molecule has 0 radical (unpaired) electrons. The van der Waals surface area contributed by atoms with Crippen LogP contribution in [-0.4, -0.2) is 8.97 Å². The summed E-state index contributed by atoms with van der Waals surface area (Å²) in [5.74, 6) is 0. The first-order valence-corrected chi connectivity index (χ1v) is 17.5. The molecule has 0 atom stereocenters. The predicted octanol–water partition coefficient (Wildman–Crippen LogP) is 13.1. The van der Waals surface area contributed by atoms with Crippen LogP contribution in [0.1, 0.15) is 0 Å². The summed E-state index contributed by atoms with van der Waals surface area (Å²) < 4.78 is 5.04. The third kappa shape index (κ3) is 4.00. The number of hydrogen-bond acceptors (Lipinski definition) is 1. The Bertz CT molecular complexity index is 3020. The van der Waals surface area contributed by atoms with E-state index in [-0.39, 0.29) is 0 Å². The molecule has 0 unspecified atom stereocenters. The van der Waals surface area contributed by atoms with Gasteiger partial charge in [-0.15, -0.1) is 0 Å². The van der Waals surface area contributed by atoms with Crippen LogP contribution in [0.4, 0.5) is 17.1 Å². The lowest BCUT2D eigenvalue weighted by Crippen LogP contribution is -2.10. The summed E-state index contributed by atoms with van der Waals surface area (Å²) in [4.78, 5) is 2.34. The second-order valence-electron chi connectivity index (χ2n) is 13.3. The van der Waals surface area contributed by atoms with Crippen molar-refractivity contribution >= 4 is 77.0 Å². The summed E-state index contributed by atoms with van der Waals surface area (Å²) in [5, 5.41) is 7.63. The highest BCUT2D eigenvalue weighted by atomic mass is 15.1. The molecule has 3 heterocycles. The second kappa shape index (κ2) is 10.8. The molecule has 0 saturated carbocycles. The lowest BCUT2D eigenvalue weighted by atomic mass is 9.97. The molecule has 3 heteroatoms. The van der Waals surface area contributed by atoms with E-state index in [4.69, 9.17) is 0 Å². The highest BCUT2D eigenvalue weighted by Gasteiger charge is 2.26. The van der Waals surface area contributed by atoms with Crippen LogP contribution in [0, 0.1) is 0 Å². The van der Waals surface area contributed by atoms with Crippen molar-refractivity contribution in [2.75, 3.05) is 4.90 Å². The number of para-hydroxylation sites is 4. The average molecular weight is 650 g/mol. The molecule has 0 aliphatic heterocycles. The van der Waals surface area contributed by atoms with Crippen molar-refractivity contribution in [1.82, 2.24) is 8.97 Å². The zero-order valence-electron chi connectivity index (χ0n) is 27.7. The minimum atomic E-state index is 1.10. The zero-order valence-corrected chi connectivity index (χ0v) is 27.7. The van der Waals surface area contributed by atoms with Gasteiger partial charge in [0, 0.05) is 55.2 Å². The van der Waals surface area contributed by atoms with Crippen molar-refractivity contribution in [3.63, 3.8) is 0 Å². The average Bonchev–Trinajstić information content (AvgIpc) is 3.68. The standard InChI is InChI=1S/C48H31N3/c1-4-16-32(17-5-1)40-31-41-38-25-11-13-28-43(38)51-42-27-12-10-24-37(42)39-26-15-29-44-45(39)46(48(41)51)47(40)50(44)36-23-14-22-35(30-36)49(33-18-6-2-7-19-33)34-20-8-3-9-21-34/h1-31H. The van der Waals surface area contributed by atoms with E-state index in [2.05, 4.69) is 202 Å². The molecular weight excluding hydrogens is 619 g/mol. The molecular formula is C48H31N3. The maximum absolute atomic E-state index is 2.52. The van der Waals surface area contributed by atoms with E-state index in [1.54, 1.807) is 0 Å². The fourth-order valence-corrected chi connectivity index (χ4v) is 8.55. The molecule has 3 nitrogen and oxygen atoms in total. The van der Waals surface area contributed by atoms with Crippen LogP contribution in [0.3, 0.4) is 0 Å². The first-order chi connectivity index (χ1) is 25.3. The van der Waals surface area contributed by atoms with E-state index in [1.807, 2.05) is 0 Å². The van der Waals surface area contributed by atoms with Crippen molar-refractivity contribution in [3.8, 4) is 16.8 Å². The Kier molecular flexibility index (Phi) is 5.96. The van der Waals surface area contributed by atoms with Gasteiger partial charge in [0.25, 0.3) is 0 Å². The molecule has 11 aromatic rings. The van der Waals surface area contributed by atoms with E-state index in [9.17, 15) is 0 Å². The van der Waals surface area contributed by atoms with Crippen molar-refractivity contribution in [2.24, 2.45) is 0 Å². The molecule has 8 aromatic carbocycles. The van der Waals surface area contributed by atoms with Gasteiger partial charge in [0.05, 0.1) is 27.6 Å². The van der Waals surface area contributed by atoms with E-state index in [0.29, 0.717) is 0 Å². The van der Waals surface area contributed by atoms with Gasteiger partial charge in [0.1, 0.15) is 0 Å². The van der Waals surface area contributed by atoms with Crippen molar-refractivity contribution < 1.29 is 0 Å². The Labute approximate surface area is 294 Å². The summed E-state index contributed by atoms with van der Waals surface area (Å²) in [6, 6.07) is 68.3. The van der Waals surface area contributed by atoms with Gasteiger partial charge in [-0.05, 0) is 77.7 Å². The quantitative estimate of drug-likeness (QED) is 0.181. The number of anilines is 3. The van der Waals surface area contributed by atoms with Crippen LogP contribution in [-0.2, 0) is 0 Å². The molecule has 0 aliphatic rings. The number of fused-ring (bicyclic) bond motifs is 6. The third-order valence-electron chi connectivity index (χ3n) is 10.6. The van der Waals surface area contributed by atoms with Crippen LogP contribution < -0.4 is 4.90 Å². The van der Waals surface area contributed by atoms with E-state index < -0.39 is 0 Å². The highest BCUT2D eigenvalue weighted by molar-refractivity contribution is 6.35. The van der Waals surface area contributed by atoms with Gasteiger partial charge in [-0.3, -0.25) is 0 Å². The second-order valence-corrected chi connectivity index (χ2v) is 13.3. The SMILES string of the molecule is c1ccc(-c2cc3c4ccccc4n4c5ccccc5c5cccc6c5c(c2n6-c2cccc(N(c5ccccc5)c5ccccc5)c2)c34)cc1. The van der Waals surface area contributed by atoms with Gasteiger partial charge in [-0.25, -0.2) is 0 Å². The summed E-state index contributed by atoms with van der Waals surface area (Å²) in [5.41, 5.74) is 13.0. The molecule has 0 fully saturated rings. The van der Waals surface area contributed by atoms with Gasteiger partial charge in [-0.2, -0.15) is 0 Å². The minimum absolute atomic E-state index is 1.10. The van der Waals surface area contributed by atoms with Crippen LogP contribution in [0.2, 0.25) is 0 Å². The number of hydrogen-bond donors (Lipinski definition) is 0. The Hall–Kier alpha value is -6.84. The summed E-state index contributed by atoms with van der Waals surface area (Å²) in [6.45, 7) is 0. The normalized spacial score (nSPS) is 11.9. The smallest absolute Gasteiger partial charge is 0.0642 e. The molecule has 238 valence electrons. The monoisotopic (exact) mass is 649 g/mol. The molecule has 0 spiro atoms. The molecule has 0 aliphatic carbocycles. The van der Waals surface area contributed by atoms with Crippen LogP contribution in [0.15, 0.2) is 188 Å². The van der Waals surface area contributed by atoms with E-state index in [1.165, 1.54) is 71.0 Å².